The summed E-state index contributed by atoms with van der Waals surface area (Å²) in [7, 11) is 0. The highest BCUT2D eigenvalue weighted by molar-refractivity contribution is 5.99. The van der Waals surface area contributed by atoms with Crippen molar-refractivity contribution in [2.45, 2.75) is 139 Å². The van der Waals surface area contributed by atoms with Crippen LogP contribution in [0.4, 0.5) is 0 Å². The van der Waals surface area contributed by atoms with Crippen molar-refractivity contribution in [3.05, 3.63) is 156 Å². The second-order valence-electron chi connectivity index (χ2n) is 23.9. The molecule has 31 heteroatoms. The molecule has 7 rings (SSSR count). The second-order valence-corrected chi connectivity index (χ2v) is 23.9. The fraction of sp³-hybridized carbons (Fsp3) is 0.358. The fourth-order valence-corrected chi connectivity index (χ4v) is 10.8. The SMILES string of the molecule is CC(C)[C@H](NC(=O)[C@@H](N)CCC(=O)O)C(=O)N[C@@H](CCC(=O)O)C(=O)N[C@@H](Cc1cnc[nH]1)C(=O)N[C@@H](Cc1c[nH]c2ccccc12)C(=O)N[C@@H](Cc1ccc(O)cc1)C(=O)N[C@@H](CCCNC(=N)N)C(=O)N[C@@H](Cc1ccccc1)C(=O)N[C@@H](Cc1c[nH]c2ccccc12)C(=O)O. The number of aromatic nitrogens is 4. The molecule has 21 N–H and O–H groups in total. The van der Waals surface area contributed by atoms with Crippen molar-refractivity contribution in [1.82, 2.24) is 67.8 Å². The normalized spacial score (nSPS) is 14.0. The number of guanidine groups is 1. The molecule has 8 amide bonds. The predicted octanol–water partition coefficient (Wildman–Crippen LogP) is 0.530. The van der Waals surface area contributed by atoms with Gasteiger partial charge in [0.05, 0.1) is 12.4 Å². The Kier molecular flexibility index (Phi) is 26.9. The number of nitrogens with zero attached hydrogens (tertiary/aromatic N) is 1. The number of phenolic OH excluding ortho intramolecular Hbond substituents is 1. The van der Waals surface area contributed by atoms with Gasteiger partial charge >= 0.3 is 17.9 Å². The van der Waals surface area contributed by atoms with Crippen molar-refractivity contribution >= 4 is 92.9 Å². The minimum atomic E-state index is -1.67. The lowest BCUT2D eigenvalue weighted by atomic mass is 10.00. The molecule has 0 aliphatic heterocycles. The van der Waals surface area contributed by atoms with Gasteiger partial charge in [-0.15, -0.1) is 0 Å². The zero-order chi connectivity index (χ0) is 71.0. The van der Waals surface area contributed by atoms with Gasteiger partial charge in [0.15, 0.2) is 5.96 Å². The van der Waals surface area contributed by atoms with Gasteiger partial charge in [-0.05, 0) is 78.1 Å². The van der Waals surface area contributed by atoms with E-state index in [0.29, 0.717) is 33.2 Å². The van der Waals surface area contributed by atoms with Crippen molar-refractivity contribution < 1.29 is 73.2 Å². The van der Waals surface area contributed by atoms with Crippen LogP contribution in [0.2, 0.25) is 0 Å². The molecule has 4 aromatic carbocycles. The van der Waals surface area contributed by atoms with Gasteiger partial charge in [0.1, 0.15) is 54.1 Å². The van der Waals surface area contributed by atoms with Crippen LogP contribution in [0.15, 0.2) is 128 Å². The first-order chi connectivity index (χ1) is 46.8. The number of hydrogen-bond acceptors (Lipinski definition) is 15. The molecule has 0 saturated carbocycles. The molecular weight excluding hydrogens is 1270 g/mol. The highest BCUT2D eigenvalue weighted by atomic mass is 16.4. The van der Waals surface area contributed by atoms with E-state index in [1.165, 1.54) is 36.8 Å². The standard InChI is InChI=1S/C67H82N16O15/c1-36(2)57(83-58(89)45(68)22-24-55(85)86)65(96)77-49(23-25-56(87)88)60(91)81-53(31-41-34-71-35-75-41)64(95)80-52(29-39-32-73-46-15-8-6-13-43(39)46)63(94)79-51(28-38-18-20-42(84)21-19-38)61(92)76-48(17-10-26-72-67(69)70)59(90)78-50(27-37-11-4-3-5-12-37)62(93)82-54(66(97)98)30-40-33-74-47-16-9-7-14-44(40)47/h3-9,11-16,18-21,32-36,45,48-54,57,73-74,84H,10,17,22-31,68H2,1-2H3,(H,71,75)(H,76,92)(H,77,96)(H,78,90)(H,79,94)(H,80,95)(H,81,91)(H,82,93)(H,83,89)(H,85,86)(H,87,88)(H,97,98)(H4,69,70,72)/t45-,48-,49-,50-,51-,52-,53-,54-,57-/m0/s1. The third-order valence-electron chi connectivity index (χ3n) is 16.1. The van der Waals surface area contributed by atoms with Crippen LogP contribution in [0, 0.1) is 11.3 Å². The topological polar surface area (TPSA) is 513 Å². The molecule has 98 heavy (non-hydrogen) atoms. The van der Waals surface area contributed by atoms with Crippen LogP contribution in [0.1, 0.15) is 80.3 Å². The van der Waals surface area contributed by atoms with Gasteiger partial charge in [0.25, 0.3) is 0 Å². The van der Waals surface area contributed by atoms with E-state index in [1.54, 1.807) is 93.0 Å². The molecule has 520 valence electrons. The van der Waals surface area contributed by atoms with Gasteiger partial charge in [-0.3, -0.25) is 53.4 Å². The van der Waals surface area contributed by atoms with Crippen LogP contribution in [-0.4, -0.2) is 172 Å². The number of H-pyrrole nitrogens is 3. The number of rotatable bonds is 38. The van der Waals surface area contributed by atoms with E-state index >= 15 is 14.4 Å². The number of aromatic hydroxyl groups is 1. The summed E-state index contributed by atoms with van der Waals surface area (Å²) in [5, 5.41) is 72.4. The quantitative estimate of drug-likeness (QED) is 0.0143. The Morgan fingerprint density at radius 2 is 0.929 bits per heavy atom. The third kappa shape index (κ3) is 22.2. The minimum Gasteiger partial charge on any atom is -0.508 e. The molecular formula is C67H82N16O15. The number of carbonyl (C=O) groups excluding carboxylic acids is 8. The maximum Gasteiger partial charge on any atom is 0.326 e. The third-order valence-corrected chi connectivity index (χ3v) is 16.1. The number of hydrogen-bond donors (Lipinski definition) is 19. The van der Waals surface area contributed by atoms with Crippen LogP contribution < -0.4 is 59.3 Å². The summed E-state index contributed by atoms with van der Waals surface area (Å²) in [4.78, 5) is 165. The number of fused-ring (bicyclic) bond motifs is 2. The Morgan fingerprint density at radius 3 is 1.43 bits per heavy atom. The number of phenols is 1. The number of nitrogens with two attached hydrogens (primary N) is 2. The zero-order valence-electron chi connectivity index (χ0n) is 53.8. The van der Waals surface area contributed by atoms with Gasteiger partial charge < -0.3 is 94.7 Å². The van der Waals surface area contributed by atoms with Crippen molar-refractivity contribution in [1.29, 1.82) is 5.41 Å². The number of amides is 8. The van der Waals surface area contributed by atoms with E-state index in [4.69, 9.17) is 22.0 Å². The lowest BCUT2D eigenvalue weighted by molar-refractivity contribution is -0.142. The summed E-state index contributed by atoms with van der Waals surface area (Å²) < 4.78 is 0. The molecule has 3 heterocycles. The van der Waals surface area contributed by atoms with Crippen LogP contribution in [0.5, 0.6) is 5.75 Å². The molecule has 0 spiro atoms. The molecule has 9 atom stereocenters. The molecule has 0 bridgehead atoms. The Morgan fingerprint density at radius 1 is 0.490 bits per heavy atom. The Labute approximate surface area is 561 Å². The number of carboxylic acid groups (broad SMARTS) is 3. The van der Waals surface area contributed by atoms with E-state index < -0.39 is 145 Å². The number of carboxylic acids is 3. The van der Waals surface area contributed by atoms with E-state index in [9.17, 15) is 53.7 Å². The zero-order valence-corrected chi connectivity index (χ0v) is 53.8. The van der Waals surface area contributed by atoms with Gasteiger partial charge in [-0.2, -0.15) is 0 Å². The van der Waals surface area contributed by atoms with Crippen LogP contribution in [0.25, 0.3) is 21.8 Å². The number of nitrogens with one attached hydrogen (secondary N) is 13. The molecule has 0 radical (unpaired) electrons. The average molecular weight is 1350 g/mol. The summed E-state index contributed by atoms with van der Waals surface area (Å²) in [5.74, 6) is -12.7. The van der Waals surface area contributed by atoms with Crippen molar-refractivity contribution in [3.63, 3.8) is 0 Å². The predicted molar refractivity (Wildman–Crippen MR) is 357 cm³/mol. The van der Waals surface area contributed by atoms with E-state index in [0.717, 1.165) is 10.9 Å². The van der Waals surface area contributed by atoms with E-state index in [-0.39, 0.29) is 75.3 Å². The molecule has 0 aliphatic rings. The second kappa shape index (κ2) is 35.8. The van der Waals surface area contributed by atoms with Gasteiger partial charge in [0.2, 0.25) is 47.3 Å². The van der Waals surface area contributed by atoms with E-state index in [1.807, 2.05) is 12.1 Å². The van der Waals surface area contributed by atoms with Crippen LogP contribution in [-0.2, 0) is 84.8 Å². The van der Waals surface area contributed by atoms with Crippen LogP contribution >= 0.6 is 0 Å². The number of carbonyl (C=O) groups is 11. The van der Waals surface area contributed by atoms with Crippen LogP contribution in [0.3, 0.4) is 0 Å². The molecule has 31 nitrogen and oxygen atoms in total. The first-order valence-corrected chi connectivity index (χ1v) is 31.6. The Hall–Kier alpha value is -11.6. The highest BCUT2D eigenvalue weighted by Gasteiger charge is 2.37. The lowest BCUT2D eigenvalue weighted by Crippen LogP contribution is -2.61. The summed E-state index contributed by atoms with van der Waals surface area (Å²) in [6.07, 6.45) is 2.70. The molecule has 0 aliphatic carbocycles. The van der Waals surface area contributed by atoms with Gasteiger partial charge in [0, 0.05) is 97.6 Å². The van der Waals surface area contributed by atoms with Gasteiger partial charge in [-0.1, -0.05) is 92.7 Å². The monoisotopic (exact) mass is 1350 g/mol. The first kappa shape index (κ1) is 73.8. The largest absolute Gasteiger partial charge is 0.508 e. The summed E-state index contributed by atoms with van der Waals surface area (Å²) in [5.41, 5.74) is 15.2. The maximum atomic E-state index is 15.3. The Balaban J connectivity index is 1.19. The highest BCUT2D eigenvalue weighted by Crippen LogP contribution is 2.22. The summed E-state index contributed by atoms with van der Waals surface area (Å²) in [6.45, 7) is 3.16. The van der Waals surface area contributed by atoms with Gasteiger partial charge in [-0.25, -0.2) is 9.78 Å². The molecule has 3 aromatic heterocycles. The summed E-state index contributed by atoms with van der Waals surface area (Å²) >= 11 is 0. The lowest BCUT2D eigenvalue weighted by Gasteiger charge is -2.28. The van der Waals surface area contributed by atoms with E-state index in [2.05, 4.69) is 67.8 Å². The molecule has 0 saturated heterocycles. The molecule has 0 fully saturated rings. The summed E-state index contributed by atoms with van der Waals surface area (Å²) in [6, 6.07) is 14.8. The first-order valence-electron chi connectivity index (χ1n) is 31.6. The number of imidazole rings is 1. The number of aliphatic carboxylic acids is 3. The average Bonchev–Trinajstić information content (AvgIpc) is 1.39. The smallest absolute Gasteiger partial charge is 0.326 e. The van der Waals surface area contributed by atoms with Crippen molar-refractivity contribution in [2.75, 3.05) is 6.54 Å². The minimum absolute atomic E-state index is 0.0338. The molecule has 0 unspecified atom stereocenters. The number of para-hydroxylation sites is 2. The number of aromatic amines is 3. The van der Waals surface area contributed by atoms with Crippen molar-refractivity contribution in [2.24, 2.45) is 17.4 Å². The Bertz CT molecular complexity index is 3930. The molecule has 7 aromatic rings. The van der Waals surface area contributed by atoms with Crippen molar-refractivity contribution in [3.8, 4) is 5.75 Å². The number of benzene rings is 4. The maximum absolute atomic E-state index is 15.3. The fourth-order valence-electron chi connectivity index (χ4n) is 10.8.